The molecule has 9 aromatic rings. The van der Waals surface area contributed by atoms with Crippen molar-refractivity contribution in [2.75, 3.05) is 0 Å². The highest BCUT2D eigenvalue weighted by Crippen LogP contribution is 2.38. The lowest BCUT2D eigenvalue weighted by atomic mass is 10.0. The van der Waals surface area contributed by atoms with E-state index in [9.17, 15) is 0 Å². The van der Waals surface area contributed by atoms with Gasteiger partial charge in [0.2, 0.25) is 5.95 Å². The second-order valence-corrected chi connectivity index (χ2v) is 12.6. The SMILES string of the molecule is [C-]#[N+]c1ccc(-c2ccc(-c3cc(-c4ccccc4)nc(-n4c5ccc(-c6ccccc6)cc5c5cc(-c6ccccc6)ccc54)n3)cc2)cc1. The molecule has 0 unspecified atom stereocenters. The van der Waals surface area contributed by atoms with E-state index in [4.69, 9.17) is 16.5 Å². The molecule has 7 aromatic carbocycles. The van der Waals surface area contributed by atoms with Crippen LogP contribution in [0.25, 0.3) is 88.5 Å². The monoisotopic (exact) mass is 650 g/mol. The zero-order valence-corrected chi connectivity index (χ0v) is 27.6. The second-order valence-electron chi connectivity index (χ2n) is 12.6. The number of aromatic nitrogens is 3. The average Bonchev–Trinajstić information content (AvgIpc) is 3.55. The molecule has 2 heterocycles. The molecule has 0 saturated heterocycles. The van der Waals surface area contributed by atoms with Gasteiger partial charge in [-0.05, 0) is 63.7 Å². The van der Waals surface area contributed by atoms with E-state index in [1.807, 2.05) is 42.5 Å². The van der Waals surface area contributed by atoms with Gasteiger partial charge in [0, 0.05) is 21.9 Å². The first-order valence-corrected chi connectivity index (χ1v) is 16.9. The summed E-state index contributed by atoms with van der Waals surface area (Å²) in [4.78, 5) is 14.0. The van der Waals surface area contributed by atoms with Crippen LogP contribution in [-0.2, 0) is 0 Å². The zero-order chi connectivity index (χ0) is 34.1. The van der Waals surface area contributed by atoms with Gasteiger partial charge < -0.3 is 0 Å². The maximum atomic E-state index is 7.28. The van der Waals surface area contributed by atoms with Crippen LogP contribution >= 0.6 is 0 Å². The lowest BCUT2D eigenvalue weighted by Gasteiger charge is -2.12. The van der Waals surface area contributed by atoms with Crippen LogP contribution in [-0.4, -0.2) is 14.5 Å². The molecule has 0 radical (unpaired) electrons. The summed E-state index contributed by atoms with van der Waals surface area (Å²) in [6.45, 7) is 7.28. The normalized spacial score (nSPS) is 11.1. The maximum Gasteiger partial charge on any atom is 0.235 e. The Morgan fingerprint density at radius 2 is 0.745 bits per heavy atom. The number of nitrogens with zero attached hydrogens (tertiary/aromatic N) is 4. The minimum Gasteiger partial charge on any atom is -0.278 e. The number of hydrogen-bond acceptors (Lipinski definition) is 2. The first kappa shape index (κ1) is 30.0. The lowest BCUT2D eigenvalue weighted by Crippen LogP contribution is -2.04. The summed E-state index contributed by atoms with van der Waals surface area (Å²) >= 11 is 0. The standard InChI is InChI=1S/C47H30N4/c1-48-40-25-21-35(22-26-40)34-17-19-37(20-18-34)44-31-43(36-15-9-4-10-16-36)49-47(50-44)51-45-27-23-38(32-11-5-2-6-12-32)29-41(45)42-30-39(24-28-46(42)51)33-13-7-3-8-14-33/h2-31H. The molecule has 2 aromatic heterocycles. The van der Waals surface area contributed by atoms with Gasteiger partial charge in [-0.3, -0.25) is 4.57 Å². The molecule has 0 saturated carbocycles. The van der Waals surface area contributed by atoms with Gasteiger partial charge in [0.1, 0.15) is 0 Å². The third kappa shape index (κ3) is 5.63. The predicted molar refractivity (Wildman–Crippen MR) is 210 cm³/mol. The molecule has 0 bridgehead atoms. The molecule has 0 aliphatic rings. The van der Waals surface area contributed by atoms with E-state index >= 15 is 0 Å². The average molecular weight is 651 g/mol. The van der Waals surface area contributed by atoms with E-state index in [1.165, 1.54) is 11.1 Å². The maximum absolute atomic E-state index is 7.28. The number of benzene rings is 7. The first-order valence-electron chi connectivity index (χ1n) is 16.9. The van der Waals surface area contributed by atoms with E-state index in [2.05, 4.69) is 149 Å². The van der Waals surface area contributed by atoms with Crippen LogP contribution in [0.1, 0.15) is 0 Å². The van der Waals surface area contributed by atoms with Gasteiger partial charge in [-0.1, -0.05) is 152 Å². The van der Waals surface area contributed by atoms with Crippen molar-refractivity contribution in [3.63, 3.8) is 0 Å². The van der Waals surface area contributed by atoms with Crippen LogP contribution in [0, 0.1) is 6.57 Å². The Morgan fingerprint density at radius 1 is 0.373 bits per heavy atom. The summed E-state index contributed by atoms with van der Waals surface area (Å²) in [6, 6.07) is 63.0. The highest BCUT2D eigenvalue weighted by atomic mass is 15.2. The Hall–Kier alpha value is -7.09. The summed E-state index contributed by atoms with van der Waals surface area (Å²) in [7, 11) is 0. The molecule has 4 heteroatoms. The number of fused-ring (bicyclic) bond motifs is 3. The molecule has 0 fully saturated rings. The smallest absolute Gasteiger partial charge is 0.235 e. The predicted octanol–water partition coefficient (Wildman–Crippen LogP) is 12.5. The van der Waals surface area contributed by atoms with Gasteiger partial charge >= 0.3 is 0 Å². The summed E-state index contributed by atoms with van der Waals surface area (Å²) < 4.78 is 2.21. The van der Waals surface area contributed by atoms with Crippen LogP contribution in [0.3, 0.4) is 0 Å². The van der Waals surface area contributed by atoms with Gasteiger partial charge in [-0.15, -0.1) is 0 Å². The third-order valence-electron chi connectivity index (χ3n) is 9.47. The minimum absolute atomic E-state index is 0.616. The fourth-order valence-corrected chi connectivity index (χ4v) is 6.86. The topological polar surface area (TPSA) is 35.1 Å². The van der Waals surface area contributed by atoms with Crippen molar-refractivity contribution >= 4 is 27.5 Å². The van der Waals surface area contributed by atoms with Crippen LogP contribution in [0.5, 0.6) is 0 Å². The van der Waals surface area contributed by atoms with E-state index in [1.54, 1.807) is 0 Å². The van der Waals surface area contributed by atoms with Crippen molar-refractivity contribution in [1.82, 2.24) is 14.5 Å². The van der Waals surface area contributed by atoms with E-state index in [-0.39, 0.29) is 0 Å². The zero-order valence-electron chi connectivity index (χ0n) is 27.6. The number of hydrogen-bond donors (Lipinski definition) is 0. The van der Waals surface area contributed by atoms with Gasteiger partial charge in [-0.25, -0.2) is 14.8 Å². The number of rotatable bonds is 6. The summed E-state index contributed by atoms with van der Waals surface area (Å²) in [5.74, 6) is 0.616. The fraction of sp³-hybridized carbons (Fsp3) is 0. The quantitative estimate of drug-likeness (QED) is 0.168. The minimum atomic E-state index is 0.616. The molecule has 0 amide bonds. The van der Waals surface area contributed by atoms with Crippen molar-refractivity contribution in [3.8, 4) is 61.8 Å². The molecule has 51 heavy (non-hydrogen) atoms. The molecular weight excluding hydrogens is 621 g/mol. The van der Waals surface area contributed by atoms with Gasteiger partial charge in [-0.2, -0.15) is 0 Å². The molecular formula is C47H30N4. The van der Waals surface area contributed by atoms with Crippen LogP contribution in [0.2, 0.25) is 0 Å². The molecule has 238 valence electrons. The highest BCUT2D eigenvalue weighted by molar-refractivity contribution is 6.11. The van der Waals surface area contributed by atoms with Crippen molar-refractivity contribution in [1.29, 1.82) is 0 Å². The lowest BCUT2D eigenvalue weighted by molar-refractivity contribution is 0.996. The molecule has 9 rings (SSSR count). The summed E-state index contributed by atoms with van der Waals surface area (Å²) in [5.41, 5.74) is 13.3. The van der Waals surface area contributed by atoms with E-state index in [0.717, 1.165) is 66.6 Å². The van der Waals surface area contributed by atoms with Crippen molar-refractivity contribution < 1.29 is 0 Å². The Bertz CT molecular complexity index is 2610. The van der Waals surface area contributed by atoms with Crippen molar-refractivity contribution in [2.45, 2.75) is 0 Å². The molecule has 0 atom stereocenters. The molecule has 4 nitrogen and oxygen atoms in total. The Morgan fingerprint density at radius 3 is 1.22 bits per heavy atom. The van der Waals surface area contributed by atoms with E-state index < -0.39 is 0 Å². The van der Waals surface area contributed by atoms with Crippen molar-refractivity contribution in [2.24, 2.45) is 0 Å². The molecule has 0 N–H and O–H groups in total. The summed E-state index contributed by atoms with van der Waals surface area (Å²) in [6.07, 6.45) is 0. The Balaban J connectivity index is 1.25. The largest absolute Gasteiger partial charge is 0.278 e. The van der Waals surface area contributed by atoms with Gasteiger partial charge in [0.25, 0.3) is 0 Å². The fourth-order valence-electron chi connectivity index (χ4n) is 6.86. The van der Waals surface area contributed by atoms with Crippen molar-refractivity contribution in [3.05, 3.63) is 193 Å². The highest BCUT2D eigenvalue weighted by Gasteiger charge is 2.18. The summed E-state index contributed by atoms with van der Waals surface area (Å²) in [5, 5.41) is 2.29. The molecule has 0 spiro atoms. The first-order chi connectivity index (χ1) is 25.2. The van der Waals surface area contributed by atoms with Crippen LogP contribution < -0.4 is 0 Å². The Labute approximate surface area is 296 Å². The second kappa shape index (κ2) is 12.7. The van der Waals surface area contributed by atoms with E-state index in [0.29, 0.717) is 11.6 Å². The molecule has 0 aliphatic carbocycles. The Kier molecular flexibility index (Phi) is 7.50. The molecule has 0 aliphatic heterocycles. The van der Waals surface area contributed by atoms with Crippen LogP contribution in [0.15, 0.2) is 182 Å². The third-order valence-corrected chi connectivity index (χ3v) is 9.47. The van der Waals surface area contributed by atoms with Gasteiger partial charge in [0.05, 0.1) is 29.0 Å². The van der Waals surface area contributed by atoms with Crippen LogP contribution in [0.4, 0.5) is 5.69 Å². The van der Waals surface area contributed by atoms with Gasteiger partial charge in [0.15, 0.2) is 5.69 Å².